The molecule has 0 spiro atoms. The first kappa shape index (κ1) is 24.7. The minimum absolute atomic E-state index is 0.00239. The third kappa shape index (κ3) is 4.17. The molecule has 1 aromatic heterocycles. The lowest BCUT2D eigenvalue weighted by molar-refractivity contribution is -0.213. The van der Waals surface area contributed by atoms with Crippen molar-refractivity contribution < 1.29 is 32.2 Å². The smallest absolute Gasteiger partial charge is 0.343 e. The third-order valence-electron chi connectivity index (χ3n) is 6.42. The number of methoxy groups -OCH3 is 2. The first-order valence-electron chi connectivity index (χ1n) is 11.0. The quantitative estimate of drug-likeness (QED) is 0.384. The average Bonchev–Trinajstić information content (AvgIpc) is 3.16. The van der Waals surface area contributed by atoms with Crippen LogP contribution in [0, 0.1) is 23.4 Å². The summed E-state index contributed by atoms with van der Waals surface area (Å²) in [6.45, 7) is 4.07. The summed E-state index contributed by atoms with van der Waals surface area (Å²) in [6, 6.07) is 5.31. The van der Waals surface area contributed by atoms with Gasteiger partial charge in [-0.3, -0.25) is 4.79 Å². The lowest BCUT2D eigenvalue weighted by Crippen LogP contribution is -2.41. The summed E-state index contributed by atoms with van der Waals surface area (Å²) in [5.74, 6) is -4.44. The van der Waals surface area contributed by atoms with Crippen molar-refractivity contribution in [2.75, 3.05) is 38.8 Å². The number of fused-ring (bicyclic) bond motifs is 1. The van der Waals surface area contributed by atoms with Crippen molar-refractivity contribution in [1.29, 1.82) is 0 Å². The molecule has 4 rings (SSSR count). The number of nitrogens with zero attached hydrogens (tertiary/aromatic N) is 2. The van der Waals surface area contributed by atoms with Gasteiger partial charge in [0.2, 0.25) is 5.43 Å². The molecule has 1 aliphatic heterocycles. The van der Waals surface area contributed by atoms with Gasteiger partial charge in [0.15, 0.2) is 5.79 Å². The lowest BCUT2D eigenvalue weighted by Gasteiger charge is -2.29. The molecule has 2 heterocycles. The fourth-order valence-corrected chi connectivity index (χ4v) is 4.56. The van der Waals surface area contributed by atoms with Gasteiger partial charge in [0, 0.05) is 44.3 Å². The van der Waals surface area contributed by atoms with Gasteiger partial charge in [-0.1, -0.05) is 6.92 Å². The van der Waals surface area contributed by atoms with Crippen LogP contribution in [0.25, 0.3) is 16.6 Å². The van der Waals surface area contributed by atoms with E-state index >= 15 is 4.39 Å². The summed E-state index contributed by atoms with van der Waals surface area (Å²) in [5.41, 5.74) is -1.02. The zero-order valence-electron chi connectivity index (χ0n) is 19.7. The number of carbonyl (C=O) groups is 1. The van der Waals surface area contributed by atoms with Gasteiger partial charge < -0.3 is 23.7 Å². The second kappa shape index (κ2) is 9.35. The molecule has 1 atom stereocenters. The predicted octanol–water partition coefficient (Wildman–Crippen LogP) is 4.03. The summed E-state index contributed by atoms with van der Waals surface area (Å²) >= 11 is 0. The summed E-state index contributed by atoms with van der Waals surface area (Å²) in [7, 11) is 3.01. The summed E-state index contributed by atoms with van der Waals surface area (Å²) in [4.78, 5) is 27.3. The van der Waals surface area contributed by atoms with E-state index in [2.05, 4.69) is 0 Å². The fraction of sp³-hybridized carbons (Fsp3) is 0.360. The minimum atomic E-state index is -0.960. The monoisotopic (exact) mass is 490 g/mol. The maximum absolute atomic E-state index is 15.4. The number of aromatic nitrogens is 1. The lowest BCUT2D eigenvalue weighted by atomic mass is 10.1. The van der Waals surface area contributed by atoms with E-state index in [4.69, 9.17) is 14.2 Å². The van der Waals surface area contributed by atoms with Crippen molar-refractivity contribution in [3.05, 3.63) is 69.8 Å². The van der Waals surface area contributed by atoms with Crippen LogP contribution in [-0.4, -0.2) is 50.2 Å². The number of anilines is 1. The molecule has 0 bridgehead atoms. The van der Waals surface area contributed by atoms with E-state index in [1.54, 1.807) is 11.8 Å². The molecule has 10 heteroatoms. The van der Waals surface area contributed by atoms with E-state index in [1.807, 2.05) is 6.92 Å². The number of pyridine rings is 1. The van der Waals surface area contributed by atoms with Crippen molar-refractivity contribution in [2.45, 2.75) is 19.6 Å². The Bertz CT molecular complexity index is 1350. The number of rotatable bonds is 6. The van der Waals surface area contributed by atoms with Crippen LogP contribution in [0.15, 0.2) is 41.3 Å². The highest BCUT2D eigenvalue weighted by molar-refractivity contribution is 5.95. The first-order chi connectivity index (χ1) is 16.7. The Balaban J connectivity index is 1.98. The molecule has 1 unspecified atom stereocenters. The largest absolute Gasteiger partial charge is 0.462 e. The number of hydrogen-bond acceptors (Lipinski definition) is 6. The number of benzene rings is 2. The van der Waals surface area contributed by atoms with Crippen LogP contribution >= 0.6 is 0 Å². The highest BCUT2D eigenvalue weighted by atomic mass is 19.1. The van der Waals surface area contributed by atoms with Gasteiger partial charge in [0.05, 0.1) is 30.0 Å². The number of carbonyl (C=O) groups excluding carboxylic acids is 1. The molecule has 1 saturated heterocycles. The molecule has 35 heavy (non-hydrogen) atoms. The van der Waals surface area contributed by atoms with Crippen molar-refractivity contribution >= 4 is 22.6 Å². The Morgan fingerprint density at radius 1 is 1.09 bits per heavy atom. The van der Waals surface area contributed by atoms with Gasteiger partial charge in [0.1, 0.15) is 23.0 Å². The molecule has 0 radical (unpaired) electrons. The van der Waals surface area contributed by atoms with Crippen LogP contribution in [0.4, 0.5) is 18.9 Å². The molecule has 0 N–H and O–H groups in total. The second-order valence-electron chi connectivity index (χ2n) is 8.38. The molecule has 1 aliphatic rings. The van der Waals surface area contributed by atoms with Gasteiger partial charge in [-0.05, 0) is 31.2 Å². The molecular weight excluding hydrogens is 465 g/mol. The van der Waals surface area contributed by atoms with Crippen LogP contribution in [0.1, 0.15) is 24.2 Å². The maximum Gasteiger partial charge on any atom is 0.343 e. The topological polar surface area (TPSA) is 70.0 Å². The third-order valence-corrected chi connectivity index (χ3v) is 6.42. The molecule has 0 amide bonds. The molecule has 2 aromatic carbocycles. The van der Waals surface area contributed by atoms with Crippen LogP contribution in [0.2, 0.25) is 0 Å². The molecule has 186 valence electrons. The van der Waals surface area contributed by atoms with Crippen molar-refractivity contribution in [2.24, 2.45) is 5.92 Å². The van der Waals surface area contributed by atoms with Gasteiger partial charge in [0.25, 0.3) is 0 Å². The highest BCUT2D eigenvalue weighted by Crippen LogP contribution is 2.37. The SMILES string of the molecule is CCOC(=O)c1cn(-c2ccc(F)cc2F)c2cc(N3CC(C)C(OC)(OC)C3)c(F)cc2c1=O. The zero-order valence-corrected chi connectivity index (χ0v) is 19.7. The normalized spacial score (nSPS) is 17.2. The van der Waals surface area contributed by atoms with E-state index in [0.717, 1.165) is 18.3 Å². The molecule has 1 fully saturated rings. The summed E-state index contributed by atoms with van der Waals surface area (Å²) in [5, 5.41) is -0.155. The first-order valence-corrected chi connectivity index (χ1v) is 11.0. The Labute approximate surface area is 199 Å². The zero-order chi connectivity index (χ0) is 25.5. The van der Waals surface area contributed by atoms with E-state index in [9.17, 15) is 18.4 Å². The van der Waals surface area contributed by atoms with Crippen molar-refractivity contribution in [3.63, 3.8) is 0 Å². The summed E-state index contributed by atoms with van der Waals surface area (Å²) in [6.07, 6.45) is 1.13. The van der Waals surface area contributed by atoms with E-state index < -0.39 is 40.2 Å². The second-order valence-corrected chi connectivity index (χ2v) is 8.38. The Kier molecular flexibility index (Phi) is 6.61. The van der Waals surface area contributed by atoms with Gasteiger partial charge >= 0.3 is 5.97 Å². The Morgan fingerprint density at radius 2 is 1.77 bits per heavy atom. The molecular formula is C25H25F3N2O5. The Hall–Kier alpha value is -3.37. The number of esters is 1. The standard InChI is InChI=1S/C25H25F3N2O5/c1-5-35-24(32)17-12-30(20-7-6-15(26)8-18(20)27)21-10-22(19(28)9-16(21)23(17)31)29-11-14(2)25(13-29,33-3)34-4/h6-10,12,14H,5,11,13H2,1-4H3. The number of ether oxygens (including phenoxy) is 3. The maximum atomic E-state index is 15.4. The molecule has 0 aliphatic carbocycles. The number of halogens is 3. The van der Waals surface area contributed by atoms with E-state index in [1.165, 1.54) is 30.9 Å². The van der Waals surface area contributed by atoms with Crippen LogP contribution < -0.4 is 10.3 Å². The highest BCUT2D eigenvalue weighted by Gasteiger charge is 2.45. The van der Waals surface area contributed by atoms with Gasteiger partial charge in [-0.2, -0.15) is 0 Å². The van der Waals surface area contributed by atoms with E-state index in [0.29, 0.717) is 12.6 Å². The van der Waals surface area contributed by atoms with Crippen LogP contribution in [0.5, 0.6) is 0 Å². The summed E-state index contributed by atoms with van der Waals surface area (Å²) < 4.78 is 61.1. The van der Waals surface area contributed by atoms with Crippen molar-refractivity contribution in [3.8, 4) is 5.69 Å². The molecule has 0 saturated carbocycles. The molecule has 7 nitrogen and oxygen atoms in total. The van der Waals surface area contributed by atoms with E-state index in [-0.39, 0.29) is 41.3 Å². The van der Waals surface area contributed by atoms with Crippen molar-refractivity contribution in [1.82, 2.24) is 4.57 Å². The Morgan fingerprint density at radius 3 is 2.37 bits per heavy atom. The fourth-order valence-electron chi connectivity index (χ4n) is 4.56. The number of hydrogen-bond donors (Lipinski definition) is 0. The van der Waals surface area contributed by atoms with Crippen LogP contribution in [0.3, 0.4) is 0 Å². The van der Waals surface area contributed by atoms with Crippen LogP contribution in [-0.2, 0) is 14.2 Å². The minimum Gasteiger partial charge on any atom is -0.462 e. The average molecular weight is 490 g/mol. The predicted molar refractivity (Wildman–Crippen MR) is 124 cm³/mol. The van der Waals surface area contributed by atoms with Gasteiger partial charge in [-0.15, -0.1) is 0 Å². The molecule has 3 aromatic rings. The van der Waals surface area contributed by atoms with Gasteiger partial charge in [-0.25, -0.2) is 18.0 Å².